The molecule has 27 heavy (non-hydrogen) atoms. The summed E-state index contributed by atoms with van der Waals surface area (Å²) < 4.78 is 39.5. The van der Waals surface area contributed by atoms with Gasteiger partial charge in [-0.2, -0.15) is 0 Å². The van der Waals surface area contributed by atoms with Crippen LogP contribution in [0.3, 0.4) is 0 Å². The lowest BCUT2D eigenvalue weighted by atomic mass is 10.2. The number of hydrogen-bond acceptors (Lipinski definition) is 5. The molecule has 5 nitrogen and oxygen atoms in total. The van der Waals surface area contributed by atoms with Gasteiger partial charge in [0.1, 0.15) is 5.82 Å². The molecule has 2 aromatic carbocycles. The first-order valence-corrected chi connectivity index (χ1v) is 11.5. The Morgan fingerprint density at radius 3 is 2.41 bits per heavy atom. The van der Waals surface area contributed by atoms with E-state index in [2.05, 4.69) is 36.7 Å². The Kier molecular flexibility index (Phi) is 6.18. The van der Waals surface area contributed by atoms with Gasteiger partial charge in [-0.05, 0) is 79.9 Å². The van der Waals surface area contributed by atoms with E-state index in [1.807, 2.05) is 6.07 Å². The minimum Gasteiger partial charge on any atom is -0.267 e. The fourth-order valence-electron chi connectivity index (χ4n) is 2.09. The maximum atomic E-state index is 13.0. The van der Waals surface area contributed by atoms with Crippen LogP contribution in [0.4, 0.5) is 4.39 Å². The number of hydrazine groups is 1. The summed E-state index contributed by atoms with van der Waals surface area (Å²) in [6, 6.07) is 9.65. The highest BCUT2D eigenvalue weighted by atomic mass is 79.9. The number of rotatable bonds is 4. The van der Waals surface area contributed by atoms with Crippen molar-refractivity contribution in [3.63, 3.8) is 0 Å². The van der Waals surface area contributed by atoms with Gasteiger partial charge in [0.15, 0.2) is 4.32 Å². The first-order chi connectivity index (χ1) is 12.7. The van der Waals surface area contributed by atoms with Crippen LogP contribution in [-0.2, 0) is 14.8 Å². The summed E-state index contributed by atoms with van der Waals surface area (Å²) >= 11 is 12.8. The minimum absolute atomic E-state index is 0.0492. The number of carbonyl (C=O) groups excluding carboxylic acids is 1. The lowest BCUT2D eigenvalue weighted by Gasteiger charge is -2.15. The van der Waals surface area contributed by atoms with E-state index in [0.717, 1.165) is 55.5 Å². The van der Waals surface area contributed by atoms with E-state index in [1.54, 1.807) is 18.2 Å². The fraction of sp³-hybridized carbons (Fsp3) is 0. The lowest BCUT2D eigenvalue weighted by molar-refractivity contribution is -0.123. The van der Waals surface area contributed by atoms with Gasteiger partial charge in [0.25, 0.3) is 15.9 Å². The van der Waals surface area contributed by atoms with Crippen LogP contribution in [0.25, 0.3) is 6.08 Å². The number of thioether (sulfide) groups is 1. The molecule has 0 saturated carbocycles. The molecule has 140 valence electrons. The van der Waals surface area contributed by atoms with Gasteiger partial charge in [-0.15, -0.1) is 4.83 Å². The Hall–Kier alpha value is -1.11. The van der Waals surface area contributed by atoms with Gasteiger partial charge in [-0.1, -0.05) is 30.0 Å². The number of carbonyl (C=O) groups is 1. The smallest absolute Gasteiger partial charge is 0.267 e. The van der Waals surface area contributed by atoms with Crippen molar-refractivity contribution in [3.8, 4) is 0 Å². The molecule has 0 unspecified atom stereocenters. The predicted octanol–water partition coefficient (Wildman–Crippen LogP) is 4.45. The van der Waals surface area contributed by atoms with Crippen LogP contribution >= 0.6 is 55.8 Å². The van der Waals surface area contributed by atoms with Crippen LogP contribution in [-0.4, -0.2) is 23.7 Å². The molecule has 1 N–H and O–H groups in total. The summed E-state index contributed by atoms with van der Waals surface area (Å²) in [6.07, 6.45) is 1.61. The lowest BCUT2D eigenvalue weighted by Crippen LogP contribution is -2.44. The third-order valence-electron chi connectivity index (χ3n) is 3.37. The van der Waals surface area contributed by atoms with Gasteiger partial charge in [-0.25, -0.2) is 17.8 Å². The number of thiocarbonyl (C=S) groups is 1. The van der Waals surface area contributed by atoms with Crippen molar-refractivity contribution >= 4 is 82.2 Å². The Morgan fingerprint density at radius 1 is 1.11 bits per heavy atom. The van der Waals surface area contributed by atoms with Crippen molar-refractivity contribution in [3.05, 3.63) is 67.7 Å². The van der Waals surface area contributed by atoms with Gasteiger partial charge in [-0.3, -0.25) is 4.79 Å². The highest BCUT2D eigenvalue weighted by molar-refractivity contribution is 9.13. The monoisotopic (exact) mass is 550 g/mol. The molecule has 2 aromatic rings. The van der Waals surface area contributed by atoms with Gasteiger partial charge in [0.05, 0.1) is 9.80 Å². The molecule has 0 spiro atoms. The minimum atomic E-state index is -4.09. The Morgan fingerprint density at radius 2 is 1.78 bits per heavy atom. The van der Waals surface area contributed by atoms with Crippen LogP contribution in [0, 0.1) is 5.82 Å². The number of amides is 1. The molecule has 0 bridgehead atoms. The first kappa shape index (κ1) is 20.6. The van der Waals surface area contributed by atoms with Crippen LogP contribution in [0.15, 0.2) is 61.2 Å². The Labute approximate surface area is 181 Å². The normalized spacial score (nSPS) is 16.4. The molecule has 1 aliphatic rings. The van der Waals surface area contributed by atoms with Gasteiger partial charge in [0, 0.05) is 8.95 Å². The van der Waals surface area contributed by atoms with Crippen molar-refractivity contribution in [2.45, 2.75) is 4.90 Å². The third kappa shape index (κ3) is 4.66. The van der Waals surface area contributed by atoms with Gasteiger partial charge < -0.3 is 0 Å². The summed E-state index contributed by atoms with van der Waals surface area (Å²) in [5.41, 5.74) is 0.743. The summed E-state index contributed by atoms with van der Waals surface area (Å²) in [7, 11) is -4.09. The molecule has 1 heterocycles. The largest absolute Gasteiger partial charge is 0.281 e. The van der Waals surface area contributed by atoms with Crippen molar-refractivity contribution in [2.24, 2.45) is 0 Å². The maximum Gasteiger partial charge on any atom is 0.281 e. The average Bonchev–Trinajstić information content (AvgIpc) is 2.86. The van der Waals surface area contributed by atoms with E-state index in [1.165, 1.54) is 0 Å². The number of nitrogens with zero attached hydrogens (tertiary/aromatic N) is 1. The molecule has 11 heteroatoms. The maximum absolute atomic E-state index is 13.0. The second-order valence-electron chi connectivity index (χ2n) is 5.24. The van der Waals surface area contributed by atoms with Crippen molar-refractivity contribution in [2.75, 3.05) is 0 Å². The molecule has 1 fully saturated rings. The van der Waals surface area contributed by atoms with E-state index in [4.69, 9.17) is 12.2 Å². The Bertz CT molecular complexity index is 1070. The Balaban J connectivity index is 1.84. The van der Waals surface area contributed by atoms with E-state index in [0.29, 0.717) is 0 Å². The molecular formula is C16H9Br2FN2O3S3. The second kappa shape index (κ2) is 8.10. The molecule has 1 saturated heterocycles. The van der Waals surface area contributed by atoms with E-state index in [9.17, 15) is 17.6 Å². The van der Waals surface area contributed by atoms with Crippen LogP contribution < -0.4 is 4.83 Å². The number of nitrogens with one attached hydrogen (secondary N) is 1. The van der Waals surface area contributed by atoms with Crippen LogP contribution in [0.2, 0.25) is 0 Å². The number of halogens is 3. The zero-order valence-electron chi connectivity index (χ0n) is 13.1. The standard InChI is InChI=1S/C16H9Br2FN2O3S3/c17-12-6-1-9(7-13(12)18)8-14-15(22)21(16(25)26-14)20-27(23,24)11-4-2-10(19)3-5-11/h1-8,20H/b14-8+. The highest BCUT2D eigenvalue weighted by Crippen LogP contribution is 2.33. The summed E-state index contributed by atoms with van der Waals surface area (Å²) in [5.74, 6) is -1.15. The first-order valence-electron chi connectivity index (χ1n) is 7.18. The summed E-state index contributed by atoms with van der Waals surface area (Å²) in [4.78, 5) is 14.8. The number of sulfonamides is 1. The molecule has 0 radical (unpaired) electrons. The number of hydrogen-bond donors (Lipinski definition) is 1. The zero-order chi connectivity index (χ0) is 19.8. The van der Waals surface area contributed by atoms with Crippen LogP contribution in [0.1, 0.15) is 5.56 Å². The predicted molar refractivity (Wildman–Crippen MR) is 114 cm³/mol. The summed E-state index contributed by atoms with van der Waals surface area (Å²) in [5, 5.41) is 0.790. The third-order valence-corrected chi connectivity index (χ3v) is 7.87. The topological polar surface area (TPSA) is 66.5 Å². The summed E-state index contributed by atoms with van der Waals surface area (Å²) in [6.45, 7) is 0. The molecule has 0 aliphatic carbocycles. The second-order valence-corrected chi connectivity index (χ2v) is 10.3. The number of benzene rings is 2. The molecule has 1 amide bonds. The average molecular weight is 552 g/mol. The molecular weight excluding hydrogens is 543 g/mol. The SMILES string of the molecule is O=C1/C(=C\c2ccc(Br)c(Br)c2)SC(=S)N1NS(=O)(=O)c1ccc(F)cc1. The molecule has 0 atom stereocenters. The zero-order valence-corrected chi connectivity index (χ0v) is 18.8. The van der Waals surface area contributed by atoms with Gasteiger partial charge >= 0.3 is 0 Å². The highest BCUT2D eigenvalue weighted by Gasteiger charge is 2.35. The molecule has 3 rings (SSSR count). The fourth-order valence-corrected chi connectivity index (χ4v) is 5.04. The van der Waals surface area contributed by atoms with Crippen molar-refractivity contribution in [1.29, 1.82) is 0 Å². The van der Waals surface area contributed by atoms with Crippen molar-refractivity contribution < 1.29 is 17.6 Å². The molecule has 0 aromatic heterocycles. The quantitative estimate of drug-likeness (QED) is 0.449. The van der Waals surface area contributed by atoms with Crippen LogP contribution in [0.5, 0.6) is 0 Å². The van der Waals surface area contributed by atoms with Crippen molar-refractivity contribution in [1.82, 2.24) is 9.84 Å². The van der Waals surface area contributed by atoms with E-state index >= 15 is 0 Å². The van der Waals surface area contributed by atoms with Gasteiger partial charge in [0.2, 0.25) is 0 Å². The molecule has 1 aliphatic heterocycles. The van der Waals surface area contributed by atoms with E-state index < -0.39 is 21.7 Å². The van der Waals surface area contributed by atoms with E-state index in [-0.39, 0.29) is 14.1 Å².